The number of fused-ring (bicyclic) bond motifs is 9. The minimum atomic E-state index is -3.00. The molecule has 0 radical (unpaired) electrons. The summed E-state index contributed by atoms with van der Waals surface area (Å²) in [5.41, 5.74) is -1.06. The van der Waals surface area contributed by atoms with Gasteiger partial charge in [0, 0.05) is 27.8 Å². The predicted octanol–water partition coefficient (Wildman–Crippen LogP) is 15.8. The summed E-state index contributed by atoms with van der Waals surface area (Å²) >= 11 is 0. The zero-order valence-electron chi connectivity index (χ0n) is 50.7. The molecule has 0 saturated carbocycles. The lowest BCUT2D eigenvalue weighted by Crippen LogP contribution is -2.29. The Kier molecular flexibility index (Phi) is 5.16. The standard InChI is InChI=1S/C62H41NO/c1-5-19-42(20-6-1)61(43-21-7-2-8-22-43)55-30-16-13-27-49(55)51-36-33-47(40-57(51)61)63(46-35-38-60-54(39-46)53-29-15-18-32-59(53)64-60)48-34-37-52-50-28-14-17-31-56(50)62(58(52)41-48,44-23-9-3-10-24-44)45-25-11-4-12-26-45/h1-41H/i1D,2D,5D,6D,7D,8D,13D,16D,19D,20D,21D,22D,27D,30D,33D,36D,40D. The van der Waals surface area contributed by atoms with Crippen LogP contribution in [0.15, 0.2) is 253 Å². The summed E-state index contributed by atoms with van der Waals surface area (Å²) in [6, 6.07) is 31.4. The van der Waals surface area contributed by atoms with Crippen molar-refractivity contribution in [2.75, 3.05) is 4.90 Å². The lowest BCUT2D eigenvalue weighted by Gasteiger charge is -2.36. The molecule has 2 aliphatic rings. The minimum absolute atomic E-state index is 0.312. The van der Waals surface area contributed by atoms with Crippen molar-refractivity contribution in [3.05, 3.63) is 293 Å². The monoisotopic (exact) mass is 832 g/mol. The average molecular weight is 833 g/mol. The third-order valence-corrected chi connectivity index (χ3v) is 12.8. The van der Waals surface area contributed by atoms with Gasteiger partial charge in [0.2, 0.25) is 0 Å². The predicted molar refractivity (Wildman–Crippen MR) is 263 cm³/mol. The highest BCUT2D eigenvalue weighted by atomic mass is 16.3. The molecule has 0 bridgehead atoms. The van der Waals surface area contributed by atoms with E-state index < -0.39 is 147 Å². The van der Waals surface area contributed by atoms with Crippen molar-refractivity contribution < 1.29 is 27.7 Å². The molecule has 1 heterocycles. The molecule has 2 heteroatoms. The highest BCUT2D eigenvalue weighted by molar-refractivity contribution is 6.07. The molecule has 13 rings (SSSR count). The second-order valence-electron chi connectivity index (χ2n) is 15.8. The molecular formula is C62H41NO. The van der Waals surface area contributed by atoms with Gasteiger partial charge in [-0.2, -0.15) is 0 Å². The Balaban J connectivity index is 1.24. The first-order valence-corrected chi connectivity index (χ1v) is 20.8. The summed E-state index contributed by atoms with van der Waals surface area (Å²) < 4.78 is 168. The average Bonchev–Trinajstić information content (AvgIpc) is 3.89. The molecule has 10 aromatic carbocycles. The number of benzene rings is 10. The fraction of sp³-hybridized carbons (Fsp3) is 0.0323. The summed E-state index contributed by atoms with van der Waals surface area (Å²) in [6.45, 7) is 0. The molecule has 2 nitrogen and oxygen atoms in total. The van der Waals surface area contributed by atoms with E-state index in [1.54, 1.807) is 23.1 Å². The number of rotatable bonds is 7. The Hall–Kier alpha value is -8.20. The zero-order chi connectivity index (χ0) is 57.0. The van der Waals surface area contributed by atoms with Gasteiger partial charge in [0.25, 0.3) is 0 Å². The van der Waals surface area contributed by atoms with Gasteiger partial charge in [0.15, 0.2) is 0 Å². The van der Waals surface area contributed by atoms with Gasteiger partial charge in [0.05, 0.1) is 34.1 Å². The Morgan fingerprint density at radius 2 is 0.906 bits per heavy atom. The molecule has 2 aliphatic carbocycles. The summed E-state index contributed by atoms with van der Waals surface area (Å²) in [7, 11) is 0. The van der Waals surface area contributed by atoms with Crippen molar-refractivity contribution in [1.29, 1.82) is 0 Å². The van der Waals surface area contributed by atoms with Gasteiger partial charge in [0.1, 0.15) is 11.2 Å². The Labute approximate surface area is 396 Å². The van der Waals surface area contributed by atoms with Crippen LogP contribution in [0.25, 0.3) is 44.2 Å². The van der Waals surface area contributed by atoms with E-state index in [4.69, 9.17) is 15.4 Å². The van der Waals surface area contributed by atoms with Gasteiger partial charge in [-0.25, -0.2) is 0 Å². The Morgan fingerprint density at radius 1 is 0.344 bits per heavy atom. The van der Waals surface area contributed by atoms with Gasteiger partial charge >= 0.3 is 0 Å². The van der Waals surface area contributed by atoms with Gasteiger partial charge in [-0.1, -0.05) is 200 Å². The van der Waals surface area contributed by atoms with Crippen molar-refractivity contribution >= 4 is 39.0 Å². The summed E-state index contributed by atoms with van der Waals surface area (Å²) in [6.07, 6.45) is 0. The van der Waals surface area contributed by atoms with E-state index >= 15 is 0 Å². The van der Waals surface area contributed by atoms with E-state index in [1.807, 2.05) is 91.0 Å². The number of anilines is 3. The maximum Gasteiger partial charge on any atom is 0.135 e. The first-order chi connectivity index (χ1) is 38.8. The Bertz CT molecular complexity index is 4410. The number of hydrogen-bond acceptors (Lipinski definition) is 2. The van der Waals surface area contributed by atoms with Gasteiger partial charge in [-0.05, 0) is 115 Å². The molecule has 0 amide bonds. The second kappa shape index (κ2) is 14.2. The van der Waals surface area contributed by atoms with Crippen molar-refractivity contribution in [1.82, 2.24) is 0 Å². The quantitative estimate of drug-likeness (QED) is 0.159. The van der Waals surface area contributed by atoms with Crippen LogP contribution < -0.4 is 4.90 Å². The fourth-order valence-electron chi connectivity index (χ4n) is 10.2. The van der Waals surface area contributed by atoms with Gasteiger partial charge in [-0.3, -0.25) is 0 Å². The van der Waals surface area contributed by atoms with Crippen LogP contribution >= 0.6 is 0 Å². The first-order valence-electron chi connectivity index (χ1n) is 29.3. The minimum Gasteiger partial charge on any atom is -0.456 e. The van der Waals surface area contributed by atoms with Crippen molar-refractivity contribution in [3.8, 4) is 22.3 Å². The van der Waals surface area contributed by atoms with E-state index in [-0.39, 0.29) is 5.69 Å². The molecule has 0 spiro atoms. The maximum absolute atomic E-state index is 10.9. The molecule has 0 aliphatic heterocycles. The van der Waals surface area contributed by atoms with Crippen LogP contribution in [0.3, 0.4) is 0 Å². The molecule has 0 N–H and O–H groups in total. The fourth-order valence-corrected chi connectivity index (χ4v) is 10.2. The molecular weight excluding hydrogens is 775 g/mol. The third-order valence-electron chi connectivity index (χ3n) is 12.8. The molecule has 300 valence electrons. The van der Waals surface area contributed by atoms with E-state index in [2.05, 4.69) is 36.4 Å². The molecule has 0 fully saturated rings. The van der Waals surface area contributed by atoms with Crippen LogP contribution in [0.1, 0.15) is 67.8 Å². The zero-order valence-corrected chi connectivity index (χ0v) is 33.7. The second-order valence-corrected chi connectivity index (χ2v) is 15.8. The van der Waals surface area contributed by atoms with E-state index in [9.17, 15) is 12.3 Å². The molecule has 0 saturated heterocycles. The number of hydrogen-bond donors (Lipinski definition) is 0. The summed E-state index contributed by atoms with van der Waals surface area (Å²) in [4.78, 5) is 1.58. The molecule has 0 unspecified atom stereocenters. The summed E-state index contributed by atoms with van der Waals surface area (Å²) in [5.74, 6) is 0. The van der Waals surface area contributed by atoms with Crippen LogP contribution in [0.4, 0.5) is 17.1 Å². The largest absolute Gasteiger partial charge is 0.456 e. The molecule has 11 aromatic rings. The van der Waals surface area contributed by atoms with E-state index in [0.717, 1.165) is 38.8 Å². The molecule has 0 atom stereocenters. The topological polar surface area (TPSA) is 16.4 Å². The third kappa shape index (κ3) is 5.08. The Morgan fingerprint density at radius 3 is 1.66 bits per heavy atom. The number of furan rings is 1. The van der Waals surface area contributed by atoms with Crippen molar-refractivity contribution in [2.45, 2.75) is 10.8 Å². The van der Waals surface area contributed by atoms with Gasteiger partial charge in [-0.15, -0.1) is 0 Å². The van der Waals surface area contributed by atoms with Gasteiger partial charge < -0.3 is 9.32 Å². The van der Waals surface area contributed by atoms with Crippen molar-refractivity contribution in [2.24, 2.45) is 0 Å². The first kappa shape index (κ1) is 23.3. The van der Waals surface area contributed by atoms with E-state index in [1.165, 1.54) is 0 Å². The smallest absolute Gasteiger partial charge is 0.135 e. The molecule has 1 aromatic heterocycles. The van der Waals surface area contributed by atoms with E-state index in [0.29, 0.717) is 27.9 Å². The van der Waals surface area contributed by atoms with Crippen LogP contribution in [-0.4, -0.2) is 0 Å². The normalized spacial score (nSPS) is 17.6. The maximum atomic E-state index is 10.9. The van der Waals surface area contributed by atoms with Crippen LogP contribution in [0.5, 0.6) is 0 Å². The van der Waals surface area contributed by atoms with Crippen LogP contribution in [0.2, 0.25) is 0 Å². The van der Waals surface area contributed by atoms with Crippen molar-refractivity contribution in [3.63, 3.8) is 0 Å². The van der Waals surface area contributed by atoms with Crippen LogP contribution in [0, 0.1) is 0 Å². The van der Waals surface area contributed by atoms with Crippen LogP contribution in [-0.2, 0) is 10.8 Å². The lowest BCUT2D eigenvalue weighted by atomic mass is 9.67. The number of para-hydroxylation sites is 1. The highest BCUT2D eigenvalue weighted by Gasteiger charge is 2.48. The SMILES string of the molecule is [2H]c1c([2H])c([2H])c(C2(c3c([2H])c([2H])c([2H])c([2H])c3[2H])c3c([2H])c([2H])c([2H])c([2H])c3-c3c([2H])c([2H])c(N(c4ccc5c(c4)C(c4ccccc4)(c4ccccc4)c4ccccc4-5)c4ccc5oc6ccccc6c5c4)c([2H])c32)c([2H])c1[2H]. The highest BCUT2D eigenvalue weighted by Crippen LogP contribution is 2.59. The lowest BCUT2D eigenvalue weighted by molar-refractivity contribution is 0.669. The molecule has 64 heavy (non-hydrogen) atoms. The number of nitrogens with zero attached hydrogens (tertiary/aromatic N) is 1. The summed E-state index contributed by atoms with van der Waals surface area (Å²) in [5, 5.41) is 1.34.